The summed E-state index contributed by atoms with van der Waals surface area (Å²) < 4.78 is 1.98. The second kappa shape index (κ2) is 7.40. The van der Waals surface area contributed by atoms with Gasteiger partial charge in [0.1, 0.15) is 0 Å². The number of aromatic nitrogens is 2. The lowest BCUT2D eigenvalue weighted by molar-refractivity contribution is -0.134. The van der Waals surface area contributed by atoms with Gasteiger partial charge in [-0.1, -0.05) is 30.3 Å². The van der Waals surface area contributed by atoms with Crippen LogP contribution in [0.1, 0.15) is 31.2 Å². The van der Waals surface area contributed by atoms with Gasteiger partial charge in [-0.05, 0) is 43.9 Å². The van der Waals surface area contributed by atoms with Crippen molar-refractivity contribution in [2.45, 2.75) is 50.9 Å². The van der Waals surface area contributed by atoms with Crippen LogP contribution in [0.3, 0.4) is 0 Å². The third kappa shape index (κ3) is 4.10. The van der Waals surface area contributed by atoms with Crippen molar-refractivity contribution in [3.05, 3.63) is 54.4 Å². The SMILES string of the molecule is O=C(CN1CCCC1Cn1cccn1)N(Cc1ccccc1)C1CC1. The summed E-state index contributed by atoms with van der Waals surface area (Å²) in [5.74, 6) is 0.277. The largest absolute Gasteiger partial charge is 0.334 e. The quantitative estimate of drug-likeness (QED) is 0.779. The van der Waals surface area contributed by atoms with E-state index in [4.69, 9.17) is 0 Å². The Morgan fingerprint density at radius 3 is 2.72 bits per heavy atom. The molecule has 1 unspecified atom stereocenters. The van der Waals surface area contributed by atoms with Gasteiger partial charge in [0.25, 0.3) is 0 Å². The number of carbonyl (C=O) groups excluding carboxylic acids is 1. The fraction of sp³-hybridized carbons (Fsp3) is 0.500. The van der Waals surface area contributed by atoms with E-state index in [1.165, 1.54) is 12.0 Å². The van der Waals surface area contributed by atoms with Crippen molar-refractivity contribution in [2.75, 3.05) is 13.1 Å². The molecule has 2 aliphatic rings. The van der Waals surface area contributed by atoms with Gasteiger partial charge in [-0.15, -0.1) is 0 Å². The summed E-state index contributed by atoms with van der Waals surface area (Å²) >= 11 is 0. The van der Waals surface area contributed by atoms with Gasteiger partial charge < -0.3 is 4.90 Å². The van der Waals surface area contributed by atoms with Crippen molar-refractivity contribution in [2.24, 2.45) is 0 Å². The van der Waals surface area contributed by atoms with Gasteiger partial charge in [0.05, 0.1) is 13.1 Å². The molecule has 0 radical (unpaired) electrons. The molecule has 2 aromatic rings. The van der Waals surface area contributed by atoms with Gasteiger partial charge in [0.2, 0.25) is 5.91 Å². The van der Waals surface area contributed by atoms with Crippen molar-refractivity contribution in [1.29, 1.82) is 0 Å². The lowest BCUT2D eigenvalue weighted by atomic mass is 10.2. The van der Waals surface area contributed by atoms with Crippen LogP contribution in [0, 0.1) is 0 Å². The zero-order valence-corrected chi connectivity index (χ0v) is 14.6. The Labute approximate surface area is 149 Å². The van der Waals surface area contributed by atoms with Crippen molar-refractivity contribution in [1.82, 2.24) is 19.6 Å². The van der Waals surface area contributed by atoms with E-state index in [-0.39, 0.29) is 5.91 Å². The maximum atomic E-state index is 13.0. The Kier molecular flexibility index (Phi) is 4.83. The van der Waals surface area contributed by atoms with E-state index in [1.54, 1.807) is 0 Å². The van der Waals surface area contributed by atoms with Crippen LogP contribution in [0.15, 0.2) is 48.8 Å². The van der Waals surface area contributed by atoms with E-state index in [9.17, 15) is 4.79 Å². The standard InChI is InChI=1S/C20H26N4O/c25-20(24(18-9-10-18)14-17-6-2-1-3-7-17)16-22-12-4-8-19(22)15-23-13-5-11-21-23/h1-3,5-7,11,13,18-19H,4,8-10,12,14-16H2. The molecule has 1 atom stereocenters. The zero-order chi connectivity index (χ0) is 17.1. The van der Waals surface area contributed by atoms with Crippen LogP contribution in [-0.4, -0.2) is 50.7 Å². The number of amides is 1. The average molecular weight is 338 g/mol. The molecule has 1 saturated heterocycles. The molecule has 0 N–H and O–H groups in total. The molecule has 5 heteroatoms. The molecule has 1 amide bonds. The van der Waals surface area contributed by atoms with Crippen LogP contribution in [-0.2, 0) is 17.9 Å². The van der Waals surface area contributed by atoms with Crippen molar-refractivity contribution < 1.29 is 4.79 Å². The van der Waals surface area contributed by atoms with Gasteiger partial charge in [-0.3, -0.25) is 14.4 Å². The second-order valence-electron chi connectivity index (χ2n) is 7.23. The molecule has 25 heavy (non-hydrogen) atoms. The van der Waals surface area contributed by atoms with E-state index < -0.39 is 0 Å². The summed E-state index contributed by atoms with van der Waals surface area (Å²) in [7, 11) is 0. The monoisotopic (exact) mass is 338 g/mol. The number of likely N-dealkylation sites (tertiary alicyclic amines) is 1. The average Bonchev–Trinajstić information content (AvgIpc) is 3.17. The number of rotatable bonds is 7. The minimum Gasteiger partial charge on any atom is -0.334 e. The third-order valence-corrected chi connectivity index (χ3v) is 5.30. The molecule has 1 aliphatic carbocycles. The van der Waals surface area contributed by atoms with E-state index in [0.717, 1.165) is 38.9 Å². The summed E-state index contributed by atoms with van der Waals surface area (Å²) in [6, 6.07) is 13.2. The minimum atomic E-state index is 0.277. The summed E-state index contributed by atoms with van der Waals surface area (Å²) in [6.07, 6.45) is 8.44. The molecule has 0 bridgehead atoms. The first kappa shape index (κ1) is 16.3. The van der Waals surface area contributed by atoms with Crippen LogP contribution in [0.2, 0.25) is 0 Å². The lowest BCUT2D eigenvalue weighted by Crippen LogP contribution is -2.44. The summed E-state index contributed by atoms with van der Waals surface area (Å²) in [4.78, 5) is 17.4. The highest BCUT2D eigenvalue weighted by molar-refractivity contribution is 5.79. The molecule has 4 rings (SSSR count). The number of benzene rings is 1. The van der Waals surface area contributed by atoms with Crippen LogP contribution in [0.5, 0.6) is 0 Å². The topological polar surface area (TPSA) is 41.4 Å². The zero-order valence-electron chi connectivity index (χ0n) is 14.6. The first-order valence-electron chi connectivity index (χ1n) is 9.34. The Bertz CT molecular complexity index is 681. The molecule has 1 saturated carbocycles. The lowest BCUT2D eigenvalue weighted by Gasteiger charge is -2.28. The molecule has 132 valence electrons. The van der Waals surface area contributed by atoms with Crippen molar-refractivity contribution >= 4 is 5.91 Å². The molecular formula is C20H26N4O. The normalized spacial score (nSPS) is 20.7. The van der Waals surface area contributed by atoms with Crippen LogP contribution < -0.4 is 0 Å². The molecular weight excluding hydrogens is 312 g/mol. The predicted molar refractivity (Wildman–Crippen MR) is 96.8 cm³/mol. The molecule has 1 aromatic heterocycles. The van der Waals surface area contributed by atoms with Crippen molar-refractivity contribution in [3.8, 4) is 0 Å². The van der Waals surface area contributed by atoms with Gasteiger partial charge in [0, 0.05) is 31.0 Å². The fourth-order valence-corrected chi connectivity index (χ4v) is 3.79. The molecule has 5 nitrogen and oxygen atoms in total. The number of carbonyl (C=O) groups is 1. The summed E-state index contributed by atoms with van der Waals surface area (Å²) in [6.45, 7) is 3.17. The van der Waals surface area contributed by atoms with Crippen LogP contribution in [0.4, 0.5) is 0 Å². The smallest absolute Gasteiger partial charge is 0.237 e. The highest BCUT2D eigenvalue weighted by atomic mass is 16.2. The number of nitrogens with zero attached hydrogens (tertiary/aromatic N) is 4. The molecule has 0 spiro atoms. The van der Waals surface area contributed by atoms with Crippen LogP contribution in [0.25, 0.3) is 0 Å². The maximum Gasteiger partial charge on any atom is 0.237 e. The number of hydrogen-bond donors (Lipinski definition) is 0. The van der Waals surface area contributed by atoms with Gasteiger partial charge >= 0.3 is 0 Å². The predicted octanol–water partition coefficient (Wildman–Crippen LogP) is 2.54. The third-order valence-electron chi connectivity index (χ3n) is 5.30. The van der Waals surface area contributed by atoms with Gasteiger partial charge in [-0.25, -0.2) is 0 Å². The van der Waals surface area contributed by atoms with Gasteiger partial charge in [-0.2, -0.15) is 5.10 Å². The Morgan fingerprint density at radius 2 is 2.00 bits per heavy atom. The Morgan fingerprint density at radius 1 is 1.16 bits per heavy atom. The van der Waals surface area contributed by atoms with E-state index in [2.05, 4.69) is 27.0 Å². The molecule has 2 fully saturated rings. The fourth-order valence-electron chi connectivity index (χ4n) is 3.79. The van der Waals surface area contributed by atoms with Gasteiger partial charge in [0.15, 0.2) is 0 Å². The van der Waals surface area contributed by atoms with Crippen molar-refractivity contribution in [3.63, 3.8) is 0 Å². The highest BCUT2D eigenvalue weighted by Gasteiger charge is 2.35. The Balaban J connectivity index is 1.38. The van der Waals surface area contributed by atoms with E-state index >= 15 is 0 Å². The first-order chi connectivity index (χ1) is 12.3. The highest BCUT2D eigenvalue weighted by Crippen LogP contribution is 2.29. The number of hydrogen-bond acceptors (Lipinski definition) is 3. The first-order valence-corrected chi connectivity index (χ1v) is 9.34. The second-order valence-corrected chi connectivity index (χ2v) is 7.23. The molecule has 1 aliphatic heterocycles. The van der Waals surface area contributed by atoms with Crippen LogP contribution >= 0.6 is 0 Å². The van der Waals surface area contributed by atoms with E-state index in [0.29, 0.717) is 18.6 Å². The molecule has 2 heterocycles. The summed E-state index contributed by atoms with van der Waals surface area (Å²) in [5.41, 5.74) is 1.22. The maximum absolute atomic E-state index is 13.0. The van der Waals surface area contributed by atoms with E-state index in [1.807, 2.05) is 41.3 Å². The summed E-state index contributed by atoms with van der Waals surface area (Å²) in [5, 5.41) is 4.32. The minimum absolute atomic E-state index is 0.277. The molecule has 1 aromatic carbocycles. The Hall–Kier alpha value is -2.14.